The molecule has 5 nitrogen and oxygen atoms in total. The molecule has 0 unspecified atom stereocenters. The minimum absolute atomic E-state index is 0.693. The molecular formula is C16H14N4OS2. The summed E-state index contributed by atoms with van der Waals surface area (Å²) in [5.74, 6) is 2.54. The molecule has 1 aliphatic rings. The van der Waals surface area contributed by atoms with Gasteiger partial charge in [-0.1, -0.05) is 30.0 Å². The maximum absolute atomic E-state index is 5.19. The van der Waals surface area contributed by atoms with Crippen LogP contribution in [0.5, 0.6) is 5.75 Å². The standard InChI is InChI=1S/C16H14N4OS2/c1-21-12-6-4-11(5-7-12)9-15-17-18-16-20(15)19-13(10-23-16)14-3-2-8-22-14/h2-8H,9-10H2,1H3. The summed E-state index contributed by atoms with van der Waals surface area (Å²) in [7, 11) is 1.67. The number of nitrogens with zero attached hydrogens (tertiary/aromatic N) is 4. The van der Waals surface area contributed by atoms with E-state index in [-0.39, 0.29) is 0 Å². The highest BCUT2D eigenvalue weighted by Crippen LogP contribution is 2.26. The summed E-state index contributed by atoms with van der Waals surface area (Å²) in [6, 6.07) is 12.1. The van der Waals surface area contributed by atoms with Crippen LogP contribution in [0.15, 0.2) is 52.0 Å². The molecule has 1 aromatic carbocycles. The summed E-state index contributed by atoms with van der Waals surface area (Å²) in [5, 5.41) is 16.2. The number of benzene rings is 1. The molecule has 4 rings (SSSR count). The smallest absolute Gasteiger partial charge is 0.212 e. The second-order valence-electron chi connectivity index (χ2n) is 5.05. The highest BCUT2D eigenvalue weighted by Gasteiger charge is 2.20. The van der Waals surface area contributed by atoms with Crippen molar-refractivity contribution in [2.24, 2.45) is 5.10 Å². The summed E-state index contributed by atoms with van der Waals surface area (Å²) in [6.07, 6.45) is 0.693. The van der Waals surface area contributed by atoms with Crippen LogP contribution in [0.2, 0.25) is 0 Å². The first kappa shape index (κ1) is 14.5. The first-order valence-corrected chi connectivity index (χ1v) is 9.02. The van der Waals surface area contributed by atoms with Gasteiger partial charge in [0.1, 0.15) is 5.75 Å². The van der Waals surface area contributed by atoms with E-state index in [0.29, 0.717) is 6.42 Å². The number of hydrogen-bond donors (Lipinski definition) is 0. The molecule has 1 aliphatic heterocycles. The first-order chi connectivity index (χ1) is 11.3. The van der Waals surface area contributed by atoms with E-state index in [1.54, 1.807) is 30.2 Å². The molecule has 0 atom stereocenters. The Balaban J connectivity index is 1.63. The van der Waals surface area contributed by atoms with Gasteiger partial charge in [-0.25, -0.2) is 0 Å². The van der Waals surface area contributed by atoms with E-state index in [1.165, 1.54) is 4.88 Å². The van der Waals surface area contributed by atoms with Crippen LogP contribution < -0.4 is 4.74 Å². The zero-order valence-corrected chi connectivity index (χ0v) is 14.1. The number of thiophene rings is 1. The van der Waals surface area contributed by atoms with Gasteiger partial charge in [-0.2, -0.15) is 9.78 Å². The van der Waals surface area contributed by atoms with Crippen LogP contribution in [0.1, 0.15) is 16.3 Å². The van der Waals surface area contributed by atoms with Crippen molar-refractivity contribution in [2.75, 3.05) is 12.9 Å². The van der Waals surface area contributed by atoms with Crippen molar-refractivity contribution >= 4 is 28.8 Å². The Morgan fingerprint density at radius 3 is 2.78 bits per heavy atom. The van der Waals surface area contributed by atoms with Gasteiger partial charge >= 0.3 is 0 Å². The second-order valence-corrected chi connectivity index (χ2v) is 6.94. The monoisotopic (exact) mass is 342 g/mol. The third-order valence-corrected chi connectivity index (χ3v) is 5.41. The van der Waals surface area contributed by atoms with Crippen molar-refractivity contribution in [1.82, 2.24) is 14.9 Å². The van der Waals surface area contributed by atoms with Gasteiger partial charge in [0.05, 0.1) is 17.7 Å². The quantitative estimate of drug-likeness (QED) is 0.730. The molecule has 2 aromatic heterocycles. The van der Waals surface area contributed by atoms with Crippen LogP contribution in [0.3, 0.4) is 0 Å². The van der Waals surface area contributed by atoms with Gasteiger partial charge in [-0.05, 0) is 29.1 Å². The van der Waals surface area contributed by atoms with Crippen molar-refractivity contribution in [2.45, 2.75) is 11.6 Å². The Hall–Kier alpha value is -2.12. The van der Waals surface area contributed by atoms with Crippen molar-refractivity contribution in [3.8, 4) is 5.75 Å². The maximum atomic E-state index is 5.19. The van der Waals surface area contributed by atoms with E-state index in [2.05, 4.69) is 21.6 Å². The summed E-state index contributed by atoms with van der Waals surface area (Å²) in [6.45, 7) is 0. The average molecular weight is 342 g/mol. The van der Waals surface area contributed by atoms with E-state index in [4.69, 9.17) is 9.84 Å². The molecule has 0 saturated heterocycles. The Morgan fingerprint density at radius 1 is 1.17 bits per heavy atom. The van der Waals surface area contributed by atoms with Crippen LogP contribution in [0, 0.1) is 0 Å². The van der Waals surface area contributed by atoms with Crippen molar-refractivity contribution < 1.29 is 4.74 Å². The fourth-order valence-electron chi connectivity index (χ4n) is 2.37. The lowest BCUT2D eigenvalue weighted by molar-refractivity contribution is 0.414. The van der Waals surface area contributed by atoms with Gasteiger partial charge in [0, 0.05) is 12.2 Å². The zero-order valence-electron chi connectivity index (χ0n) is 12.5. The number of hydrogen-bond acceptors (Lipinski definition) is 6. The molecule has 0 N–H and O–H groups in total. The molecule has 0 spiro atoms. The molecule has 0 amide bonds. The zero-order chi connectivity index (χ0) is 15.6. The van der Waals surface area contributed by atoms with E-state index < -0.39 is 0 Å². The fraction of sp³-hybridized carbons (Fsp3) is 0.188. The van der Waals surface area contributed by atoms with Crippen LogP contribution in [0.25, 0.3) is 0 Å². The summed E-state index contributed by atoms with van der Waals surface area (Å²) < 4.78 is 7.06. The number of methoxy groups -OCH3 is 1. The largest absolute Gasteiger partial charge is 0.497 e. The van der Waals surface area contributed by atoms with Gasteiger partial charge in [-0.15, -0.1) is 21.5 Å². The van der Waals surface area contributed by atoms with E-state index in [9.17, 15) is 0 Å². The molecule has 0 fully saturated rings. The molecule has 3 heterocycles. The molecule has 0 radical (unpaired) electrons. The van der Waals surface area contributed by atoms with Crippen molar-refractivity contribution in [3.05, 3.63) is 58.0 Å². The first-order valence-electron chi connectivity index (χ1n) is 7.15. The Kier molecular flexibility index (Phi) is 3.88. The van der Waals surface area contributed by atoms with Gasteiger partial charge in [0.15, 0.2) is 5.82 Å². The van der Waals surface area contributed by atoms with Crippen LogP contribution in [0.4, 0.5) is 0 Å². The molecule has 3 aromatic rings. The number of thioether (sulfide) groups is 1. The predicted octanol–water partition coefficient (Wildman–Crippen LogP) is 3.30. The van der Waals surface area contributed by atoms with Crippen LogP contribution >= 0.6 is 23.1 Å². The molecule has 7 heteroatoms. The highest BCUT2D eigenvalue weighted by molar-refractivity contribution is 7.99. The minimum atomic E-state index is 0.693. The van der Waals surface area contributed by atoms with Crippen molar-refractivity contribution in [1.29, 1.82) is 0 Å². The molecule has 0 bridgehead atoms. The van der Waals surface area contributed by atoms with E-state index in [1.807, 2.05) is 35.0 Å². The molecule has 0 saturated carbocycles. The van der Waals surface area contributed by atoms with Gasteiger partial charge in [0.25, 0.3) is 0 Å². The average Bonchev–Trinajstić information content (AvgIpc) is 3.25. The van der Waals surface area contributed by atoms with Crippen molar-refractivity contribution in [3.63, 3.8) is 0 Å². The normalized spacial score (nSPS) is 13.5. The topological polar surface area (TPSA) is 52.3 Å². The Bertz CT molecular complexity index is 838. The third-order valence-electron chi connectivity index (χ3n) is 3.56. The van der Waals surface area contributed by atoms with Gasteiger partial charge < -0.3 is 4.74 Å². The second kappa shape index (κ2) is 6.17. The lowest BCUT2D eigenvalue weighted by Crippen LogP contribution is -2.13. The Labute approximate surface area is 142 Å². The number of ether oxygens (including phenoxy) is 1. The maximum Gasteiger partial charge on any atom is 0.212 e. The highest BCUT2D eigenvalue weighted by atomic mass is 32.2. The van der Waals surface area contributed by atoms with E-state index in [0.717, 1.165) is 33.8 Å². The summed E-state index contributed by atoms with van der Waals surface area (Å²) in [4.78, 5) is 1.20. The Morgan fingerprint density at radius 2 is 2.04 bits per heavy atom. The molecule has 116 valence electrons. The molecule has 23 heavy (non-hydrogen) atoms. The number of rotatable bonds is 4. The van der Waals surface area contributed by atoms with E-state index >= 15 is 0 Å². The lowest BCUT2D eigenvalue weighted by Gasteiger charge is -2.12. The van der Waals surface area contributed by atoms with Gasteiger partial charge in [-0.3, -0.25) is 0 Å². The fourth-order valence-corrected chi connectivity index (χ4v) is 4.02. The minimum Gasteiger partial charge on any atom is -0.497 e. The predicted molar refractivity (Wildman–Crippen MR) is 92.8 cm³/mol. The van der Waals surface area contributed by atoms with Crippen LogP contribution in [-0.2, 0) is 6.42 Å². The molecule has 0 aliphatic carbocycles. The summed E-state index contributed by atoms with van der Waals surface area (Å²) in [5.41, 5.74) is 2.23. The number of aromatic nitrogens is 3. The van der Waals surface area contributed by atoms with Gasteiger partial charge in [0.2, 0.25) is 5.16 Å². The van der Waals surface area contributed by atoms with Crippen LogP contribution in [-0.4, -0.2) is 33.4 Å². The molecular weight excluding hydrogens is 328 g/mol. The lowest BCUT2D eigenvalue weighted by atomic mass is 10.1. The summed E-state index contributed by atoms with van der Waals surface area (Å²) >= 11 is 3.39. The SMILES string of the molecule is COc1ccc(Cc2nnc3n2N=C(c2cccs2)CS3)cc1. The third kappa shape index (κ3) is 2.89. The number of fused-ring (bicyclic) bond motifs is 1.